The van der Waals surface area contributed by atoms with Crippen LogP contribution in [0.15, 0.2) is 51.4 Å². The summed E-state index contributed by atoms with van der Waals surface area (Å²) >= 11 is 25.5. The molecule has 11 heteroatoms. The van der Waals surface area contributed by atoms with E-state index in [1.165, 1.54) is 17.4 Å². The maximum atomic E-state index is 13.0. The maximum Gasteiger partial charge on any atom is 0.302 e. The number of hydrogen-bond donors (Lipinski definition) is 1. The number of halogens is 4. The van der Waals surface area contributed by atoms with Gasteiger partial charge >= 0.3 is 5.56 Å². The van der Waals surface area contributed by atoms with Crippen LogP contribution in [0.4, 0.5) is 11.4 Å². The van der Waals surface area contributed by atoms with Gasteiger partial charge < -0.3 is 0 Å². The fraction of sp³-hybridized carbons (Fsp3) is 0.0526. The summed E-state index contributed by atoms with van der Waals surface area (Å²) in [6, 6.07) is 9.83. The highest BCUT2D eigenvalue weighted by Crippen LogP contribution is 2.37. The monoisotopic (exact) mass is 498 g/mol. The molecule has 0 saturated carbocycles. The third-order valence-electron chi connectivity index (χ3n) is 4.19. The Kier molecular flexibility index (Phi) is 5.74. The van der Waals surface area contributed by atoms with Gasteiger partial charge in [-0.05, 0) is 43.3 Å². The van der Waals surface area contributed by atoms with Crippen LogP contribution < -0.4 is 5.56 Å². The number of fused-ring (bicyclic) bond motifs is 1. The number of H-pyrrole nitrogens is 1. The van der Waals surface area contributed by atoms with Crippen molar-refractivity contribution in [2.75, 3.05) is 0 Å². The number of aromatic amines is 1. The number of rotatable bonds is 3. The van der Waals surface area contributed by atoms with Gasteiger partial charge in [-0.25, -0.2) is 0 Å². The van der Waals surface area contributed by atoms with Crippen molar-refractivity contribution in [2.45, 2.75) is 6.92 Å². The zero-order valence-electron chi connectivity index (χ0n) is 15.0. The van der Waals surface area contributed by atoms with Gasteiger partial charge in [-0.3, -0.25) is 14.7 Å². The van der Waals surface area contributed by atoms with Crippen LogP contribution in [0.25, 0.3) is 10.1 Å². The normalized spacial score (nSPS) is 11.6. The van der Waals surface area contributed by atoms with E-state index in [1.807, 2.05) is 0 Å². The van der Waals surface area contributed by atoms with Crippen molar-refractivity contribution in [3.63, 3.8) is 0 Å². The molecule has 0 aliphatic carbocycles. The molecule has 0 amide bonds. The Labute approximate surface area is 193 Å². The van der Waals surface area contributed by atoms with E-state index >= 15 is 0 Å². The van der Waals surface area contributed by atoms with E-state index in [4.69, 9.17) is 46.4 Å². The number of aromatic nitrogens is 2. The summed E-state index contributed by atoms with van der Waals surface area (Å²) in [5, 5.41) is 12.8. The van der Waals surface area contributed by atoms with Gasteiger partial charge in [0.05, 0.1) is 15.7 Å². The number of nitrogens with zero attached hydrogens (tertiary/aromatic N) is 3. The summed E-state index contributed by atoms with van der Waals surface area (Å²) in [6.07, 6.45) is 0. The Balaban J connectivity index is 1.73. The molecule has 0 aliphatic heterocycles. The molecular weight excluding hydrogens is 490 g/mol. The Bertz CT molecular complexity index is 1400. The first-order valence-corrected chi connectivity index (χ1v) is 10.7. The first-order chi connectivity index (χ1) is 14.3. The summed E-state index contributed by atoms with van der Waals surface area (Å²) in [6.45, 7) is 1.61. The topological polar surface area (TPSA) is 79.6 Å². The highest BCUT2D eigenvalue weighted by atomic mass is 35.5. The number of nitrogens with one attached hydrogen (secondary N) is 1. The second-order valence-electron chi connectivity index (χ2n) is 6.21. The van der Waals surface area contributed by atoms with Crippen molar-refractivity contribution >= 4 is 85.1 Å². The highest BCUT2D eigenvalue weighted by Gasteiger charge is 2.23. The molecule has 152 valence electrons. The zero-order valence-corrected chi connectivity index (χ0v) is 18.9. The van der Waals surface area contributed by atoms with Crippen LogP contribution in [-0.4, -0.2) is 15.7 Å². The first-order valence-electron chi connectivity index (χ1n) is 8.37. The molecular formula is C19H10Cl4N4O2S. The molecule has 0 atom stereocenters. The van der Waals surface area contributed by atoms with Crippen molar-refractivity contribution in [2.24, 2.45) is 10.2 Å². The maximum absolute atomic E-state index is 13.0. The molecule has 30 heavy (non-hydrogen) atoms. The number of benzene rings is 2. The van der Waals surface area contributed by atoms with Gasteiger partial charge in [-0.2, -0.15) is 4.68 Å². The van der Waals surface area contributed by atoms with Crippen molar-refractivity contribution in [1.82, 2.24) is 9.78 Å². The van der Waals surface area contributed by atoms with Crippen LogP contribution in [0.2, 0.25) is 20.1 Å². The molecule has 0 unspecified atom stereocenters. The van der Waals surface area contributed by atoms with Crippen LogP contribution >= 0.6 is 57.7 Å². The number of carbonyl (C=O) groups is 1. The van der Waals surface area contributed by atoms with Gasteiger partial charge in [0.2, 0.25) is 0 Å². The summed E-state index contributed by atoms with van der Waals surface area (Å²) in [7, 11) is 0. The second-order valence-corrected chi connectivity index (χ2v) is 8.92. The Morgan fingerprint density at radius 1 is 1.03 bits per heavy atom. The average molecular weight is 500 g/mol. The molecule has 0 spiro atoms. The number of thiophene rings is 1. The smallest absolute Gasteiger partial charge is 0.290 e. The molecule has 4 rings (SSSR count). The summed E-state index contributed by atoms with van der Waals surface area (Å²) in [4.78, 5) is 26.0. The van der Waals surface area contributed by atoms with Gasteiger partial charge in [0, 0.05) is 20.1 Å². The minimum atomic E-state index is -0.655. The highest BCUT2D eigenvalue weighted by molar-refractivity contribution is 7.21. The van der Waals surface area contributed by atoms with E-state index in [1.54, 1.807) is 37.3 Å². The summed E-state index contributed by atoms with van der Waals surface area (Å²) in [5.74, 6) is -0.601. The molecule has 0 fully saturated rings. The number of hydrogen-bond acceptors (Lipinski definition) is 5. The molecule has 0 radical (unpaired) electrons. The van der Waals surface area contributed by atoms with Gasteiger partial charge in [0.1, 0.15) is 10.6 Å². The van der Waals surface area contributed by atoms with E-state index in [0.29, 0.717) is 26.8 Å². The van der Waals surface area contributed by atoms with E-state index < -0.39 is 11.5 Å². The van der Waals surface area contributed by atoms with Crippen LogP contribution in [-0.2, 0) is 0 Å². The lowest BCUT2D eigenvalue weighted by molar-refractivity contribution is 0.0945. The number of aryl methyl sites for hydroxylation is 1. The van der Waals surface area contributed by atoms with Crippen LogP contribution in [0, 0.1) is 6.92 Å². The van der Waals surface area contributed by atoms with Gasteiger partial charge in [0.25, 0.3) is 5.91 Å². The van der Waals surface area contributed by atoms with E-state index in [-0.39, 0.29) is 20.6 Å². The average Bonchev–Trinajstić information content (AvgIpc) is 3.17. The molecule has 2 heterocycles. The van der Waals surface area contributed by atoms with E-state index in [0.717, 1.165) is 9.38 Å². The van der Waals surface area contributed by atoms with E-state index in [9.17, 15) is 9.59 Å². The van der Waals surface area contributed by atoms with Crippen LogP contribution in [0.3, 0.4) is 0 Å². The molecule has 2 aromatic heterocycles. The van der Waals surface area contributed by atoms with Crippen molar-refractivity contribution in [3.8, 4) is 0 Å². The fourth-order valence-electron chi connectivity index (χ4n) is 2.74. The van der Waals surface area contributed by atoms with Gasteiger partial charge in [-0.1, -0.05) is 46.4 Å². The number of carbonyl (C=O) groups excluding carboxylic acids is 1. The molecule has 0 bridgehead atoms. The summed E-state index contributed by atoms with van der Waals surface area (Å²) in [5.41, 5.74) is 0.0263. The molecule has 4 aromatic rings. The molecule has 2 aromatic carbocycles. The third kappa shape index (κ3) is 3.79. The standard InChI is InChI=1S/C19H10Cl4N4O2S/c1-8-16(25-24-13-4-2-10(21)7-12(13)22)18(28)27(26-8)19(29)17-15(23)11-6-9(20)3-5-14(11)30-17/h2-7,26H,1H3. The Hall–Kier alpha value is -2.16. The zero-order chi connectivity index (χ0) is 21.6. The lowest BCUT2D eigenvalue weighted by Gasteiger charge is -1.98. The van der Waals surface area contributed by atoms with Crippen LogP contribution in [0.5, 0.6) is 0 Å². The predicted molar refractivity (Wildman–Crippen MR) is 122 cm³/mol. The fourth-order valence-corrected chi connectivity index (χ4v) is 4.78. The lowest BCUT2D eigenvalue weighted by atomic mass is 10.2. The van der Waals surface area contributed by atoms with Gasteiger partial charge in [-0.15, -0.1) is 21.6 Å². The van der Waals surface area contributed by atoms with Crippen molar-refractivity contribution in [1.29, 1.82) is 0 Å². The van der Waals surface area contributed by atoms with Crippen molar-refractivity contribution in [3.05, 3.63) is 77.4 Å². The molecule has 0 aliphatic rings. The summed E-state index contributed by atoms with van der Waals surface area (Å²) < 4.78 is 1.63. The second kappa shape index (κ2) is 8.17. The minimum Gasteiger partial charge on any atom is -0.290 e. The quantitative estimate of drug-likeness (QED) is 0.297. The molecule has 0 saturated heterocycles. The predicted octanol–water partition coefficient (Wildman–Crippen LogP) is 7.42. The SMILES string of the molecule is Cc1[nH]n(C(=O)c2sc3ccc(Cl)cc3c2Cl)c(=O)c1N=Nc1ccc(Cl)cc1Cl. The molecule has 6 nitrogen and oxygen atoms in total. The van der Waals surface area contributed by atoms with E-state index in [2.05, 4.69) is 15.3 Å². The Morgan fingerprint density at radius 2 is 1.73 bits per heavy atom. The number of azo groups is 1. The van der Waals surface area contributed by atoms with Crippen molar-refractivity contribution < 1.29 is 4.79 Å². The van der Waals surface area contributed by atoms with Crippen LogP contribution in [0.1, 0.15) is 15.4 Å². The van der Waals surface area contributed by atoms with Gasteiger partial charge in [0.15, 0.2) is 5.69 Å². The lowest BCUT2D eigenvalue weighted by Crippen LogP contribution is -2.24. The minimum absolute atomic E-state index is 0.0188. The molecule has 1 N–H and O–H groups in total. The Morgan fingerprint density at radius 3 is 2.47 bits per heavy atom. The first kappa shape index (κ1) is 21.1. The largest absolute Gasteiger partial charge is 0.302 e. The third-order valence-corrected chi connectivity index (χ3v) is 6.63.